The first kappa shape index (κ1) is 21.1. The lowest BCUT2D eigenvalue weighted by Crippen LogP contribution is -2.36. The van der Waals surface area contributed by atoms with E-state index in [2.05, 4.69) is 81.6 Å². The Kier molecular flexibility index (Phi) is 7.84. The van der Waals surface area contributed by atoms with E-state index >= 15 is 0 Å². The van der Waals surface area contributed by atoms with Crippen LogP contribution < -0.4 is 25.8 Å². The average molecular weight is 390 g/mol. The number of para-hydroxylation sites is 1. The zero-order chi connectivity index (χ0) is 19.2. The van der Waals surface area contributed by atoms with Crippen molar-refractivity contribution in [1.82, 2.24) is 5.32 Å². The van der Waals surface area contributed by atoms with E-state index in [9.17, 15) is 0 Å². The molecule has 1 unspecified atom stereocenters. The molecule has 0 heterocycles. The highest BCUT2D eigenvalue weighted by Gasteiger charge is 2.16. The number of methoxy groups -OCH3 is 1. The summed E-state index contributed by atoms with van der Waals surface area (Å²) >= 11 is 0. The van der Waals surface area contributed by atoms with Crippen LogP contribution in [-0.4, -0.2) is 28.2 Å². The van der Waals surface area contributed by atoms with Crippen LogP contribution in [0.4, 0.5) is 0 Å². The summed E-state index contributed by atoms with van der Waals surface area (Å²) in [6, 6.07) is 15.3. The van der Waals surface area contributed by atoms with Crippen LogP contribution in [0.1, 0.15) is 26.3 Å². The molecule has 26 heavy (non-hydrogen) atoms. The molecule has 1 atom stereocenters. The highest BCUT2D eigenvalue weighted by Crippen LogP contribution is 2.21. The zero-order valence-corrected chi connectivity index (χ0v) is 19.0. The van der Waals surface area contributed by atoms with Crippen LogP contribution in [0.5, 0.6) is 5.75 Å². The van der Waals surface area contributed by atoms with Gasteiger partial charge in [-0.1, -0.05) is 64.1 Å². The Morgan fingerprint density at radius 2 is 1.69 bits per heavy atom. The minimum atomic E-state index is -0.984. The van der Waals surface area contributed by atoms with Gasteiger partial charge in [0.15, 0.2) is 6.79 Å². The van der Waals surface area contributed by atoms with Gasteiger partial charge in [-0.25, -0.2) is 0 Å². The smallest absolute Gasteiger partial charge is 0.188 e. The quantitative estimate of drug-likeness (QED) is 0.428. The van der Waals surface area contributed by atoms with E-state index in [0.717, 1.165) is 12.3 Å². The molecule has 2 rings (SSSR count). The van der Waals surface area contributed by atoms with Gasteiger partial charge in [-0.15, -0.1) is 0 Å². The van der Waals surface area contributed by atoms with Crippen molar-refractivity contribution < 1.29 is 9.47 Å². The molecule has 2 aromatic rings. The fourth-order valence-corrected chi connectivity index (χ4v) is 5.40. The Hall–Kier alpha value is -1.19. The van der Waals surface area contributed by atoms with Crippen LogP contribution in [0, 0.1) is 0 Å². The molecule has 142 valence electrons. The molecule has 0 amide bonds. The van der Waals surface area contributed by atoms with Gasteiger partial charge in [-0.2, -0.15) is 0 Å². The van der Waals surface area contributed by atoms with E-state index < -0.39 is 8.80 Å². The lowest BCUT2D eigenvalue weighted by molar-refractivity contribution is 0.0526. The van der Waals surface area contributed by atoms with E-state index in [-0.39, 0.29) is 5.54 Å². The van der Waals surface area contributed by atoms with E-state index in [1.54, 1.807) is 7.11 Å². The molecule has 3 nitrogen and oxygen atoms in total. The van der Waals surface area contributed by atoms with Gasteiger partial charge >= 0.3 is 0 Å². The average Bonchev–Trinajstić information content (AvgIpc) is 2.59. The summed E-state index contributed by atoms with van der Waals surface area (Å²) in [6.45, 7) is 12.4. The minimum absolute atomic E-state index is 0.103. The second-order valence-electron chi connectivity index (χ2n) is 7.82. The van der Waals surface area contributed by atoms with Crippen LogP contribution in [0.3, 0.4) is 0 Å². The molecule has 0 saturated carbocycles. The summed E-state index contributed by atoms with van der Waals surface area (Å²) in [5.41, 5.74) is 1.46. The molecule has 0 spiro atoms. The first-order valence-corrected chi connectivity index (χ1v) is 13.0. The zero-order valence-electron chi connectivity index (χ0n) is 16.8. The van der Waals surface area contributed by atoms with Crippen molar-refractivity contribution in [1.29, 1.82) is 0 Å². The summed E-state index contributed by atoms with van der Waals surface area (Å²) in [5.74, 6) is 1.04. The molecule has 0 saturated heterocycles. The number of ether oxygens (including phenoxy) is 2. The SMILES string of the molecule is COCOc1c(Pc2ccccc2CNC(C)(C)C)cccc1[SiH](C)C. The van der Waals surface area contributed by atoms with Crippen LogP contribution in [0.25, 0.3) is 0 Å². The van der Waals surface area contributed by atoms with Crippen molar-refractivity contribution in [2.45, 2.75) is 45.9 Å². The van der Waals surface area contributed by atoms with Gasteiger partial charge in [0.05, 0.1) is 8.80 Å². The first-order valence-electron chi connectivity index (χ1n) is 9.16. The predicted octanol–water partition coefficient (Wildman–Crippen LogP) is 2.88. The van der Waals surface area contributed by atoms with Crippen molar-refractivity contribution in [2.75, 3.05) is 13.9 Å². The van der Waals surface area contributed by atoms with E-state index in [0.29, 0.717) is 15.4 Å². The van der Waals surface area contributed by atoms with Gasteiger partial charge in [0.25, 0.3) is 0 Å². The highest BCUT2D eigenvalue weighted by molar-refractivity contribution is 7.56. The fourth-order valence-electron chi connectivity index (χ4n) is 2.69. The number of rotatable bonds is 8. The molecular formula is C21H32NO2PSi. The molecule has 2 aromatic carbocycles. The maximum Gasteiger partial charge on any atom is 0.188 e. The summed E-state index contributed by atoms with van der Waals surface area (Å²) in [6.07, 6.45) is 0. The molecule has 5 heteroatoms. The Bertz CT molecular complexity index is 713. The van der Waals surface area contributed by atoms with Crippen LogP contribution in [0.2, 0.25) is 13.1 Å². The molecular weight excluding hydrogens is 357 g/mol. The number of hydrogen-bond donors (Lipinski definition) is 1. The second-order valence-corrected chi connectivity index (χ2v) is 12.1. The Morgan fingerprint density at radius 1 is 1.00 bits per heavy atom. The molecule has 0 aliphatic carbocycles. The lowest BCUT2D eigenvalue weighted by Gasteiger charge is -2.22. The van der Waals surface area contributed by atoms with Gasteiger partial charge in [0.1, 0.15) is 5.75 Å². The summed E-state index contributed by atoms with van der Waals surface area (Å²) in [5, 5.41) is 7.61. The molecule has 0 radical (unpaired) electrons. The van der Waals surface area contributed by atoms with Crippen LogP contribution in [-0.2, 0) is 11.3 Å². The summed E-state index contributed by atoms with van der Waals surface area (Å²) in [4.78, 5) is 0. The molecule has 0 aliphatic rings. The molecule has 0 bridgehead atoms. The second kappa shape index (κ2) is 9.66. The van der Waals surface area contributed by atoms with Crippen molar-refractivity contribution in [3.63, 3.8) is 0 Å². The summed E-state index contributed by atoms with van der Waals surface area (Å²) < 4.78 is 11.2. The fraction of sp³-hybridized carbons (Fsp3) is 0.429. The highest BCUT2D eigenvalue weighted by atomic mass is 31.1. The molecule has 1 N–H and O–H groups in total. The molecule has 0 aromatic heterocycles. The van der Waals surface area contributed by atoms with Crippen molar-refractivity contribution in [2.24, 2.45) is 0 Å². The van der Waals surface area contributed by atoms with Crippen molar-refractivity contribution in [3.8, 4) is 5.75 Å². The lowest BCUT2D eigenvalue weighted by atomic mass is 10.1. The van der Waals surface area contributed by atoms with Gasteiger partial charge in [0.2, 0.25) is 0 Å². The van der Waals surface area contributed by atoms with Crippen molar-refractivity contribution in [3.05, 3.63) is 48.0 Å². The Morgan fingerprint density at radius 3 is 2.35 bits per heavy atom. The molecule has 0 fully saturated rings. The third-order valence-electron chi connectivity index (χ3n) is 4.08. The van der Waals surface area contributed by atoms with Crippen LogP contribution in [0.15, 0.2) is 42.5 Å². The van der Waals surface area contributed by atoms with E-state index in [1.807, 2.05) is 0 Å². The maximum atomic E-state index is 6.01. The van der Waals surface area contributed by atoms with Gasteiger partial charge in [-0.05, 0) is 36.8 Å². The largest absolute Gasteiger partial charge is 0.467 e. The minimum Gasteiger partial charge on any atom is -0.467 e. The monoisotopic (exact) mass is 389 g/mol. The number of nitrogens with one attached hydrogen (secondary N) is 1. The third kappa shape index (κ3) is 6.21. The number of benzene rings is 2. The predicted molar refractivity (Wildman–Crippen MR) is 118 cm³/mol. The Labute approximate surface area is 161 Å². The standard InChI is InChI=1S/C21H32NO2PSi/c1-21(2,3)22-14-16-10-7-8-11-17(16)25-18-12-9-13-19(26(5)6)20(18)24-15-23-4/h7-13,22,25-26H,14-15H2,1-6H3. The van der Waals surface area contributed by atoms with Crippen LogP contribution >= 0.6 is 8.58 Å². The third-order valence-corrected chi connectivity index (χ3v) is 7.20. The van der Waals surface area contributed by atoms with Gasteiger partial charge < -0.3 is 14.8 Å². The normalized spacial score (nSPS) is 12.3. The maximum absolute atomic E-state index is 6.01. The molecule has 0 aliphatic heterocycles. The van der Waals surface area contributed by atoms with E-state index in [1.165, 1.54) is 21.4 Å². The first-order chi connectivity index (χ1) is 12.3. The number of hydrogen-bond acceptors (Lipinski definition) is 3. The van der Waals surface area contributed by atoms with Gasteiger partial charge in [0, 0.05) is 24.5 Å². The summed E-state index contributed by atoms with van der Waals surface area (Å²) in [7, 11) is 1.26. The van der Waals surface area contributed by atoms with Gasteiger partial charge in [-0.3, -0.25) is 0 Å². The topological polar surface area (TPSA) is 30.5 Å². The van der Waals surface area contributed by atoms with E-state index in [4.69, 9.17) is 9.47 Å². The Balaban J connectivity index is 2.32. The van der Waals surface area contributed by atoms with Crippen molar-refractivity contribution >= 4 is 33.2 Å².